The summed E-state index contributed by atoms with van der Waals surface area (Å²) in [4.78, 5) is 0. The molecule has 2 aromatic carbocycles. The molecule has 2 aromatic rings. The largest absolute Gasteiger partial charge is 0.452 e. The fraction of sp³-hybridized carbons (Fsp3) is 0.600. The summed E-state index contributed by atoms with van der Waals surface area (Å²) in [6.45, 7) is 11.5. The van der Waals surface area contributed by atoms with Crippen LogP contribution in [-0.2, 0) is 0 Å². The number of ether oxygens (including phenoxy) is 2. The van der Waals surface area contributed by atoms with Crippen molar-refractivity contribution in [3.05, 3.63) is 60.7 Å². The SMILES string of the molecule is CCCCCCCCC(C(C)CC)C(Oc1ccccc1)(Oc1ccccc1)C(C)CC. The summed E-state index contributed by atoms with van der Waals surface area (Å²) in [5.41, 5.74) is 0. The summed E-state index contributed by atoms with van der Waals surface area (Å²) < 4.78 is 13.8. The fourth-order valence-electron chi connectivity index (χ4n) is 4.68. The molecular formula is C30H46O2. The van der Waals surface area contributed by atoms with Crippen molar-refractivity contribution in [2.24, 2.45) is 17.8 Å². The minimum Gasteiger partial charge on any atom is -0.452 e. The van der Waals surface area contributed by atoms with Crippen molar-refractivity contribution in [3.63, 3.8) is 0 Å². The number of rotatable bonds is 16. The van der Waals surface area contributed by atoms with Gasteiger partial charge in [0.2, 0.25) is 0 Å². The molecule has 0 aliphatic heterocycles. The Morgan fingerprint density at radius 1 is 0.656 bits per heavy atom. The number of hydrogen-bond acceptors (Lipinski definition) is 2. The van der Waals surface area contributed by atoms with E-state index < -0.39 is 5.79 Å². The van der Waals surface area contributed by atoms with E-state index in [1.807, 2.05) is 36.4 Å². The van der Waals surface area contributed by atoms with E-state index in [9.17, 15) is 0 Å². The summed E-state index contributed by atoms with van der Waals surface area (Å²) >= 11 is 0. The normalized spacial score (nSPS) is 14.5. The van der Waals surface area contributed by atoms with Crippen LogP contribution in [0.3, 0.4) is 0 Å². The van der Waals surface area contributed by atoms with Crippen molar-refractivity contribution in [3.8, 4) is 11.5 Å². The summed E-state index contributed by atoms with van der Waals surface area (Å²) in [6, 6.07) is 20.5. The maximum atomic E-state index is 6.92. The molecule has 0 aliphatic rings. The average Bonchev–Trinajstić information content (AvgIpc) is 2.83. The van der Waals surface area contributed by atoms with Crippen molar-refractivity contribution in [2.45, 2.75) is 98.2 Å². The molecule has 0 N–H and O–H groups in total. The van der Waals surface area contributed by atoms with Crippen LogP contribution in [0.1, 0.15) is 92.4 Å². The van der Waals surface area contributed by atoms with Crippen LogP contribution in [-0.4, -0.2) is 5.79 Å². The fourth-order valence-corrected chi connectivity index (χ4v) is 4.68. The van der Waals surface area contributed by atoms with E-state index in [-0.39, 0.29) is 5.92 Å². The average molecular weight is 439 g/mol. The van der Waals surface area contributed by atoms with Gasteiger partial charge in [0.15, 0.2) is 0 Å². The Kier molecular flexibility index (Phi) is 11.7. The maximum absolute atomic E-state index is 6.92. The Balaban J connectivity index is 2.39. The molecule has 0 aromatic heterocycles. The van der Waals surface area contributed by atoms with E-state index in [1.54, 1.807) is 0 Å². The molecule has 2 nitrogen and oxygen atoms in total. The molecule has 0 aliphatic carbocycles. The van der Waals surface area contributed by atoms with Gasteiger partial charge in [-0.1, -0.05) is 116 Å². The second-order valence-corrected chi connectivity index (χ2v) is 9.41. The molecule has 178 valence electrons. The van der Waals surface area contributed by atoms with E-state index in [0.717, 1.165) is 30.8 Å². The molecule has 0 saturated carbocycles. The molecule has 0 amide bonds. The highest BCUT2D eigenvalue weighted by atomic mass is 16.7. The summed E-state index contributed by atoms with van der Waals surface area (Å²) in [7, 11) is 0. The molecular weight excluding hydrogens is 392 g/mol. The number of hydrogen-bond donors (Lipinski definition) is 0. The van der Waals surface area contributed by atoms with Gasteiger partial charge >= 0.3 is 0 Å². The molecule has 0 fully saturated rings. The molecule has 0 spiro atoms. The van der Waals surface area contributed by atoms with Crippen LogP contribution < -0.4 is 9.47 Å². The van der Waals surface area contributed by atoms with Crippen LogP contribution in [0.5, 0.6) is 11.5 Å². The van der Waals surface area contributed by atoms with Crippen molar-refractivity contribution in [2.75, 3.05) is 0 Å². The maximum Gasteiger partial charge on any atom is 0.256 e. The first-order valence-electron chi connectivity index (χ1n) is 13.0. The Hall–Kier alpha value is -1.96. The van der Waals surface area contributed by atoms with E-state index in [0.29, 0.717) is 11.8 Å². The third-order valence-electron chi connectivity index (χ3n) is 7.06. The summed E-state index contributed by atoms with van der Waals surface area (Å²) in [6.07, 6.45) is 11.1. The topological polar surface area (TPSA) is 18.5 Å². The van der Waals surface area contributed by atoms with E-state index in [4.69, 9.17) is 9.47 Å². The van der Waals surface area contributed by atoms with Gasteiger partial charge in [-0.25, -0.2) is 0 Å². The minimum atomic E-state index is -0.698. The lowest BCUT2D eigenvalue weighted by molar-refractivity contribution is -0.206. The van der Waals surface area contributed by atoms with Crippen LogP contribution in [0.2, 0.25) is 0 Å². The van der Waals surface area contributed by atoms with Crippen LogP contribution in [0, 0.1) is 17.8 Å². The van der Waals surface area contributed by atoms with E-state index in [1.165, 1.54) is 38.5 Å². The first-order valence-corrected chi connectivity index (χ1v) is 13.0. The van der Waals surface area contributed by atoms with Crippen LogP contribution in [0.25, 0.3) is 0 Å². The smallest absolute Gasteiger partial charge is 0.256 e. The van der Waals surface area contributed by atoms with Gasteiger partial charge in [-0.2, -0.15) is 0 Å². The number of benzene rings is 2. The molecule has 0 saturated heterocycles. The molecule has 2 rings (SSSR count). The predicted molar refractivity (Wildman–Crippen MR) is 137 cm³/mol. The lowest BCUT2D eigenvalue weighted by Gasteiger charge is -2.46. The Bertz CT molecular complexity index is 671. The lowest BCUT2D eigenvalue weighted by Crippen LogP contribution is -2.56. The quantitative estimate of drug-likeness (QED) is 0.192. The molecule has 0 radical (unpaired) electrons. The number of unbranched alkanes of at least 4 members (excludes halogenated alkanes) is 5. The van der Waals surface area contributed by atoms with Gasteiger partial charge in [-0.05, 0) is 43.0 Å². The van der Waals surface area contributed by atoms with E-state index >= 15 is 0 Å². The Labute approximate surface area is 197 Å². The van der Waals surface area contributed by atoms with E-state index in [2.05, 4.69) is 58.9 Å². The Morgan fingerprint density at radius 2 is 1.16 bits per heavy atom. The van der Waals surface area contributed by atoms with Crippen molar-refractivity contribution in [1.82, 2.24) is 0 Å². The van der Waals surface area contributed by atoms with Gasteiger partial charge in [0.25, 0.3) is 5.79 Å². The van der Waals surface area contributed by atoms with Gasteiger partial charge in [0.05, 0.1) is 0 Å². The zero-order chi connectivity index (χ0) is 23.2. The lowest BCUT2D eigenvalue weighted by atomic mass is 9.74. The van der Waals surface area contributed by atoms with Crippen molar-refractivity contribution < 1.29 is 9.47 Å². The first kappa shape index (κ1) is 26.3. The van der Waals surface area contributed by atoms with Crippen molar-refractivity contribution >= 4 is 0 Å². The Morgan fingerprint density at radius 3 is 1.62 bits per heavy atom. The number of para-hydroxylation sites is 2. The zero-order valence-corrected chi connectivity index (χ0v) is 21.2. The van der Waals surface area contributed by atoms with Gasteiger partial charge in [-0.3, -0.25) is 0 Å². The van der Waals surface area contributed by atoms with Gasteiger partial charge in [0.1, 0.15) is 11.5 Å². The third kappa shape index (κ3) is 7.57. The molecule has 0 bridgehead atoms. The molecule has 3 atom stereocenters. The first-order chi connectivity index (χ1) is 15.6. The van der Waals surface area contributed by atoms with Crippen molar-refractivity contribution in [1.29, 1.82) is 0 Å². The minimum absolute atomic E-state index is 0.252. The van der Waals surface area contributed by atoms with Gasteiger partial charge in [0, 0.05) is 11.8 Å². The summed E-state index contributed by atoms with van der Waals surface area (Å²) in [5, 5.41) is 0. The molecule has 0 heterocycles. The molecule has 2 heteroatoms. The molecule has 32 heavy (non-hydrogen) atoms. The van der Waals surface area contributed by atoms with Crippen LogP contribution in [0.4, 0.5) is 0 Å². The zero-order valence-electron chi connectivity index (χ0n) is 21.2. The van der Waals surface area contributed by atoms with Crippen LogP contribution in [0.15, 0.2) is 60.7 Å². The highest BCUT2D eigenvalue weighted by Gasteiger charge is 2.49. The van der Waals surface area contributed by atoms with Gasteiger partial charge in [-0.15, -0.1) is 0 Å². The second kappa shape index (κ2) is 14.2. The third-order valence-corrected chi connectivity index (χ3v) is 7.06. The highest BCUT2D eigenvalue weighted by Crippen LogP contribution is 2.43. The highest BCUT2D eigenvalue weighted by molar-refractivity contribution is 5.25. The monoisotopic (exact) mass is 438 g/mol. The summed E-state index contributed by atoms with van der Waals surface area (Å²) in [5.74, 6) is 2.15. The molecule has 3 unspecified atom stereocenters. The predicted octanol–water partition coefficient (Wildman–Crippen LogP) is 9.30. The second-order valence-electron chi connectivity index (χ2n) is 9.41. The van der Waals surface area contributed by atoms with Crippen LogP contribution >= 0.6 is 0 Å². The standard InChI is InChI=1S/C30H46O2/c1-6-9-10-11-12-19-24-29(25(4)7-2)30(26(5)8-3,31-27-20-15-13-16-21-27)32-28-22-17-14-18-23-28/h13-18,20-23,25-26,29H,6-12,19,24H2,1-5H3. The van der Waals surface area contributed by atoms with Gasteiger partial charge < -0.3 is 9.47 Å².